The van der Waals surface area contributed by atoms with E-state index in [1.165, 1.54) is 135 Å². The first-order chi connectivity index (χ1) is 25.3. The van der Waals surface area contributed by atoms with Crippen LogP contribution >= 0.6 is 7.82 Å². The van der Waals surface area contributed by atoms with E-state index < -0.39 is 33.2 Å². The Morgan fingerprint density at radius 3 is 1.52 bits per heavy atom. The fraction of sp³-hybridized carbons (Fsp3) is 0.929. The smallest absolute Gasteiger partial charge is 0.457 e. The molecule has 0 aliphatic rings. The third kappa shape index (κ3) is 38.9. The second kappa shape index (κ2) is 39.9. The molecule has 0 heterocycles. The highest BCUT2D eigenvalue weighted by molar-refractivity contribution is 7.47. The van der Waals surface area contributed by atoms with Crippen LogP contribution in [-0.4, -0.2) is 66.3 Å². The maximum atomic E-state index is 12.6. The van der Waals surface area contributed by atoms with Gasteiger partial charge in [-0.05, 0) is 32.1 Å². The Labute approximate surface area is 320 Å². The third-order valence-electron chi connectivity index (χ3n) is 9.43. The molecule has 3 N–H and O–H groups in total. The van der Waals surface area contributed by atoms with Gasteiger partial charge < -0.3 is 24.6 Å². The predicted molar refractivity (Wildman–Crippen MR) is 215 cm³/mol. The number of esters is 1. The lowest BCUT2D eigenvalue weighted by atomic mass is 10.0. The number of ether oxygens (including phenoxy) is 2. The average molecular weight is 763 g/mol. The van der Waals surface area contributed by atoms with Crippen LogP contribution in [0.5, 0.6) is 0 Å². The number of unbranched alkanes of at least 4 members (excludes halogenated alkanes) is 26. The van der Waals surface area contributed by atoms with Gasteiger partial charge in [0.15, 0.2) is 0 Å². The Kier molecular flexibility index (Phi) is 39.3. The van der Waals surface area contributed by atoms with Gasteiger partial charge in [0.25, 0.3) is 0 Å². The lowest BCUT2D eigenvalue weighted by Crippen LogP contribution is -2.29. The second-order valence-corrected chi connectivity index (χ2v) is 16.2. The number of hydrogen-bond donors (Lipinski definition) is 3. The molecule has 0 aliphatic carbocycles. The minimum Gasteiger partial charge on any atom is -0.457 e. The van der Waals surface area contributed by atoms with E-state index in [4.69, 9.17) is 23.6 Å². The maximum absolute atomic E-state index is 12.6. The highest BCUT2D eigenvalue weighted by Crippen LogP contribution is 2.43. The maximum Gasteiger partial charge on any atom is 0.472 e. The van der Waals surface area contributed by atoms with Gasteiger partial charge >= 0.3 is 13.8 Å². The monoisotopic (exact) mass is 763 g/mol. The molecule has 0 aromatic heterocycles. The van der Waals surface area contributed by atoms with Crippen molar-refractivity contribution < 1.29 is 43.0 Å². The normalized spacial score (nSPS) is 14.2. The van der Waals surface area contributed by atoms with Crippen LogP contribution in [0.15, 0.2) is 12.2 Å². The van der Waals surface area contributed by atoms with E-state index >= 15 is 0 Å². The standard InChI is InChI=1S/C42H83O9P/c1-3-5-7-9-11-13-15-16-17-18-19-20-21-22-23-24-26-28-30-32-34-42(45)51-41(39-50-52(46,47)49-37-40(44)36-43)38-48-35-33-31-29-27-25-14-12-10-8-6-4-2/h8,10,40-41,43-44H,3-7,9,11-39H2,1-2H3,(H,46,47)/b10-8-. The highest BCUT2D eigenvalue weighted by atomic mass is 31.2. The number of aliphatic hydroxyl groups is 2. The van der Waals surface area contributed by atoms with Crippen LogP contribution in [0, 0.1) is 0 Å². The number of carbonyl (C=O) groups is 1. The fourth-order valence-corrected chi connectivity index (χ4v) is 6.91. The van der Waals surface area contributed by atoms with Gasteiger partial charge in [0.2, 0.25) is 0 Å². The SMILES string of the molecule is CCC/C=C\CCCCCCCCOCC(COP(=O)(O)OCC(O)CO)OC(=O)CCCCCCCCCCCCCCCCCCCCCC. The largest absolute Gasteiger partial charge is 0.472 e. The molecular weight excluding hydrogens is 679 g/mol. The van der Waals surface area contributed by atoms with Crippen LogP contribution in [0.4, 0.5) is 0 Å². The van der Waals surface area contributed by atoms with Gasteiger partial charge in [0, 0.05) is 13.0 Å². The van der Waals surface area contributed by atoms with Gasteiger partial charge in [-0.15, -0.1) is 0 Å². The van der Waals surface area contributed by atoms with Crippen molar-refractivity contribution in [3.8, 4) is 0 Å². The summed E-state index contributed by atoms with van der Waals surface area (Å²) >= 11 is 0. The van der Waals surface area contributed by atoms with E-state index in [-0.39, 0.29) is 25.6 Å². The summed E-state index contributed by atoms with van der Waals surface area (Å²) in [6.07, 6.45) is 38.9. The molecule has 0 saturated carbocycles. The fourth-order valence-electron chi connectivity index (χ4n) is 6.12. The topological polar surface area (TPSA) is 132 Å². The van der Waals surface area contributed by atoms with Crippen LogP contribution in [0.3, 0.4) is 0 Å². The van der Waals surface area contributed by atoms with Gasteiger partial charge in [-0.25, -0.2) is 4.57 Å². The quantitative estimate of drug-likeness (QED) is 0.0241. The van der Waals surface area contributed by atoms with E-state index in [1.54, 1.807) is 0 Å². The third-order valence-corrected chi connectivity index (χ3v) is 10.4. The molecule has 0 aromatic carbocycles. The zero-order chi connectivity index (χ0) is 38.2. The van der Waals surface area contributed by atoms with Gasteiger partial charge in [-0.3, -0.25) is 13.8 Å². The first-order valence-electron chi connectivity index (χ1n) is 21.7. The molecule has 310 valence electrons. The van der Waals surface area contributed by atoms with Crippen molar-refractivity contribution in [3.63, 3.8) is 0 Å². The number of carbonyl (C=O) groups excluding carboxylic acids is 1. The first kappa shape index (κ1) is 51.2. The Hall–Kier alpha value is -0.800. The highest BCUT2D eigenvalue weighted by Gasteiger charge is 2.26. The summed E-state index contributed by atoms with van der Waals surface area (Å²) in [7, 11) is -4.51. The second-order valence-electron chi connectivity index (χ2n) is 14.7. The minimum absolute atomic E-state index is 0.0500. The molecule has 0 rings (SSSR count). The van der Waals surface area contributed by atoms with E-state index in [0.29, 0.717) is 6.61 Å². The van der Waals surface area contributed by atoms with Crippen molar-refractivity contribution in [3.05, 3.63) is 12.2 Å². The molecule has 52 heavy (non-hydrogen) atoms. The number of aliphatic hydroxyl groups excluding tert-OH is 2. The summed E-state index contributed by atoms with van der Waals surface area (Å²) in [6, 6.07) is 0. The van der Waals surface area contributed by atoms with Crippen molar-refractivity contribution in [2.75, 3.05) is 33.0 Å². The Morgan fingerprint density at radius 2 is 1.02 bits per heavy atom. The zero-order valence-corrected chi connectivity index (χ0v) is 34.7. The molecule has 10 heteroatoms. The minimum atomic E-state index is -4.51. The molecule has 9 nitrogen and oxygen atoms in total. The molecule has 0 fully saturated rings. The zero-order valence-electron chi connectivity index (χ0n) is 33.8. The number of allylic oxidation sites excluding steroid dienone is 2. The summed E-state index contributed by atoms with van der Waals surface area (Å²) in [5.41, 5.74) is 0. The van der Waals surface area contributed by atoms with Crippen LogP contribution in [0.25, 0.3) is 0 Å². The summed E-state index contributed by atoms with van der Waals surface area (Å²) < 4.78 is 33.3. The van der Waals surface area contributed by atoms with Gasteiger partial charge in [0.1, 0.15) is 12.2 Å². The molecule has 0 bridgehead atoms. The van der Waals surface area contributed by atoms with Crippen LogP contribution < -0.4 is 0 Å². The number of rotatable bonds is 42. The Balaban J connectivity index is 4.07. The van der Waals surface area contributed by atoms with Crippen LogP contribution in [0.2, 0.25) is 0 Å². The van der Waals surface area contributed by atoms with Gasteiger partial charge in [-0.1, -0.05) is 180 Å². The van der Waals surface area contributed by atoms with Crippen molar-refractivity contribution >= 4 is 13.8 Å². The number of phosphoric acid groups is 1. The summed E-state index contributed by atoms with van der Waals surface area (Å²) in [6.45, 7) is 3.48. The van der Waals surface area contributed by atoms with Gasteiger partial charge in [0.05, 0.1) is 26.4 Å². The molecule has 3 unspecified atom stereocenters. The molecule has 0 radical (unpaired) electrons. The lowest BCUT2D eigenvalue weighted by molar-refractivity contribution is -0.154. The molecule has 0 saturated heterocycles. The predicted octanol–water partition coefficient (Wildman–Crippen LogP) is 11.7. The van der Waals surface area contributed by atoms with Crippen LogP contribution in [0.1, 0.15) is 206 Å². The first-order valence-corrected chi connectivity index (χ1v) is 23.2. The van der Waals surface area contributed by atoms with Gasteiger partial charge in [-0.2, -0.15) is 0 Å². The summed E-state index contributed by atoms with van der Waals surface area (Å²) in [4.78, 5) is 22.5. The van der Waals surface area contributed by atoms with Crippen molar-refractivity contribution in [2.24, 2.45) is 0 Å². The molecule has 0 amide bonds. The van der Waals surface area contributed by atoms with E-state index in [0.717, 1.165) is 51.4 Å². The van der Waals surface area contributed by atoms with Crippen molar-refractivity contribution in [2.45, 2.75) is 219 Å². The van der Waals surface area contributed by atoms with Crippen molar-refractivity contribution in [1.82, 2.24) is 0 Å². The molecule has 0 aromatic rings. The van der Waals surface area contributed by atoms with Crippen molar-refractivity contribution in [1.29, 1.82) is 0 Å². The number of phosphoric ester groups is 1. The Bertz CT molecular complexity index is 825. The summed E-state index contributed by atoms with van der Waals surface area (Å²) in [5.74, 6) is -0.381. The van der Waals surface area contributed by atoms with E-state index in [2.05, 4.69) is 26.0 Å². The summed E-state index contributed by atoms with van der Waals surface area (Å²) in [5, 5.41) is 18.3. The molecule has 3 atom stereocenters. The Morgan fingerprint density at radius 1 is 0.577 bits per heavy atom. The number of hydrogen-bond acceptors (Lipinski definition) is 8. The molecule has 0 aliphatic heterocycles. The molecule has 0 spiro atoms. The average Bonchev–Trinajstić information content (AvgIpc) is 3.13. The van der Waals surface area contributed by atoms with E-state index in [9.17, 15) is 19.4 Å². The van der Waals surface area contributed by atoms with Crippen LogP contribution in [-0.2, 0) is 27.9 Å². The molecular formula is C42H83O9P. The lowest BCUT2D eigenvalue weighted by Gasteiger charge is -2.20. The van der Waals surface area contributed by atoms with E-state index in [1.807, 2.05) is 0 Å².